The molecule has 1 N–H and O–H groups in total. The van der Waals surface area contributed by atoms with Crippen LogP contribution in [0.15, 0.2) is 145 Å². The topological polar surface area (TPSA) is 34.2 Å². The van der Waals surface area contributed by atoms with Crippen molar-refractivity contribution in [3.05, 3.63) is 179 Å². The second-order valence-corrected chi connectivity index (χ2v) is 17.2. The Morgan fingerprint density at radius 1 is 0.672 bits per heavy atom. The van der Waals surface area contributed by atoms with E-state index in [0.717, 1.165) is 50.9 Å². The molecule has 0 amide bonds. The first-order valence-corrected chi connectivity index (χ1v) is 21.7. The van der Waals surface area contributed by atoms with E-state index in [-0.39, 0.29) is 12.0 Å². The monoisotopic (exact) mass is 752 g/mol. The van der Waals surface area contributed by atoms with Gasteiger partial charge in [-0.3, -0.25) is 4.57 Å². The molecule has 3 unspecified atom stereocenters. The molecular weight excluding hydrogens is 705 g/mol. The maximum Gasteiger partial charge on any atom is 0.208 e. The lowest BCUT2D eigenvalue weighted by Crippen LogP contribution is -2.31. The number of aliphatic imine (C=N–C) groups is 1. The highest BCUT2D eigenvalue weighted by atomic mass is 15.2. The molecule has 4 nitrogen and oxygen atoms in total. The lowest BCUT2D eigenvalue weighted by Gasteiger charge is -2.32. The molecule has 3 atom stereocenters. The molecule has 12 rings (SSSR count). The van der Waals surface area contributed by atoms with Crippen LogP contribution >= 0.6 is 0 Å². The van der Waals surface area contributed by atoms with Gasteiger partial charge in [0.15, 0.2) is 0 Å². The SMILES string of the molecule is C1=Cc2cc(C3=CCC(C4N=C(n5c6c(c7ccccc75)CC(c5ccc7c8ccccc8n(C8=CCCCC8)c7c5)CC6)Nc5ccccc54)C=C3)ccc2CC1. The first-order chi connectivity index (χ1) is 28.7. The first-order valence-electron chi connectivity index (χ1n) is 21.7. The number of rotatable bonds is 4. The number of hydrogen-bond acceptors (Lipinski definition) is 2. The van der Waals surface area contributed by atoms with Gasteiger partial charge in [-0.05, 0) is 134 Å². The summed E-state index contributed by atoms with van der Waals surface area (Å²) in [6.07, 6.45) is 25.6. The summed E-state index contributed by atoms with van der Waals surface area (Å²) in [6.45, 7) is 0. The summed E-state index contributed by atoms with van der Waals surface area (Å²) in [5.41, 5.74) is 17.7. The minimum absolute atomic E-state index is 0.0267. The zero-order valence-electron chi connectivity index (χ0n) is 33.0. The van der Waals surface area contributed by atoms with Gasteiger partial charge in [-0.1, -0.05) is 115 Å². The lowest BCUT2D eigenvalue weighted by molar-refractivity contribution is 0.522. The van der Waals surface area contributed by atoms with E-state index in [0.29, 0.717) is 5.92 Å². The molecule has 4 heteroatoms. The minimum atomic E-state index is 0.0267. The Morgan fingerprint density at radius 3 is 2.40 bits per heavy atom. The van der Waals surface area contributed by atoms with Gasteiger partial charge in [0, 0.05) is 44.7 Å². The number of anilines is 1. The summed E-state index contributed by atoms with van der Waals surface area (Å²) in [4.78, 5) is 5.66. The smallest absolute Gasteiger partial charge is 0.208 e. The number of benzene rings is 5. The normalized spacial score (nSPS) is 21.2. The predicted molar refractivity (Wildman–Crippen MR) is 244 cm³/mol. The van der Waals surface area contributed by atoms with E-state index in [2.05, 4.69) is 160 Å². The van der Waals surface area contributed by atoms with Crippen molar-refractivity contribution in [1.29, 1.82) is 0 Å². The number of nitrogens with zero attached hydrogens (tertiary/aromatic N) is 3. The van der Waals surface area contributed by atoms with E-state index < -0.39 is 0 Å². The van der Waals surface area contributed by atoms with Crippen LogP contribution in [0.5, 0.6) is 0 Å². The molecule has 5 aliphatic rings. The fourth-order valence-corrected chi connectivity index (χ4v) is 11.0. The summed E-state index contributed by atoms with van der Waals surface area (Å²) in [5, 5.41) is 7.93. The highest BCUT2D eigenvalue weighted by molar-refractivity contribution is 6.10. The maximum atomic E-state index is 5.66. The van der Waals surface area contributed by atoms with Crippen molar-refractivity contribution < 1.29 is 0 Å². The molecule has 0 saturated heterocycles. The van der Waals surface area contributed by atoms with Crippen LogP contribution in [-0.4, -0.2) is 15.1 Å². The maximum absolute atomic E-state index is 5.66. The number of para-hydroxylation sites is 3. The van der Waals surface area contributed by atoms with Crippen molar-refractivity contribution >= 4 is 61.7 Å². The van der Waals surface area contributed by atoms with Gasteiger partial charge in [0.05, 0.1) is 22.6 Å². The number of hydrogen-bond donors (Lipinski definition) is 1. The van der Waals surface area contributed by atoms with Gasteiger partial charge in [-0.15, -0.1) is 0 Å². The largest absolute Gasteiger partial charge is 0.325 e. The number of aromatic nitrogens is 2. The second-order valence-electron chi connectivity index (χ2n) is 17.2. The van der Waals surface area contributed by atoms with E-state index >= 15 is 0 Å². The van der Waals surface area contributed by atoms with Crippen LogP contribution < -0.4 is 5.32 Å². The van der Waals surface area contributed by atoms with E-state index in [1.54, 1.807) is 0 Å². The van der Waals surface area contributed by atoms with Crippen molar-refractivity contribution in [1.82, 2.24) is 9.13 Å². The van der Waals surface area contributed by atoms with Gasteiger partial charge >= 0.3 is 0 Å². The van der Waals surface area contributed by atoms with Crippen LogP contribution in [0.4, 0.5) is 5.69 Å². The molecule has 58 heavy (non-hydrogen) atoms. The average Bonchev–Trinajstić information content (AvgIpc) is 3.81. The molecule has 3 heterocycles. The van der Waals surface area contributed by atoms with Gasteiger partial charge in [0.2, 0.25) is 5.96 Å². The Bertz CT molecular complexity index is 2960. The number of aryl methyl sites for hydroxylation is 1. The zero-order chi connectivity index (χ0) is 38.2. The van der Waals surface area contributed by atoms with Crippen molar-refractivity contribution in [2.24, 2.45) is 10.9 Å². The molecular formula is C54H48N4. The van der Waals surface area contributed by atoms with Crippen LogP contribution in [0.2, 0.25) is 0 Å². The molecule has 0 saturated carbocycles. The number of fused-ring (bicyclic) bond motifs is 8. The lowest BCUT2D eigenvalue weighted by atomic mass is 9.81. The van der Waals surface area contributed by atoms with Crippen molar-refractivity contribution in [2.45, 2.75) is 76.2 Å². The van der Waals surface area contributed by atoms with Crippen LogP contribution in [0.3, 0.4) is 0 Å². The van der Waals surface area contributed by atoms with Crippen LogP contribution in [0, 0.1) is 5.92 Å². The molecule has 2 aromatic heterocycles. The predicted octanol–water partition coefficient (Wildman–Crippen LogP) is 13.4. The van der Waals surface area contributed by atoms with Crippen LogP contribution in [-0.2, 0) is 19.3 Å². The molecule has 0 radical (unpaired) electrons. The van der Waals surface area contributed by atoms with Crippen molar-refractivity contribution in [3.63, 3.8) is 0 Å². The van der Waals surface area contributed by atoms with Gasteiger partial charge < -0.3 is 9.88 Å². The Balaban J connectivity index is 0.897. The zero-order valence-corrected chi connectivity index (χ0v) is 33.0. The quantitative estimate of drug-likeness (QED) is 0.191. The molecule has 284 valence electrons. The van der Waals surface area contributed by atoms with Crippen LogP contribution in [0.25, 0.3) is 50.1 Å². The third-order valence-corrected chi connectivity index (χ3v) is 13.9. The van der Waals surface area contributed by atoms with Gasteiger partial charge in [0.1, 0.15) is 0 Å². The summed E-state index contributed by atoms with van der Waals surface area (Å²) in [5.74, 6) is 1.68. The van der Waals surface area contributed by atoms with E-state index in [1.807, 2.05) is 0 Å². The van der Waals surface area contributed by atoms with Crippen LogP contribution in [0.1, 0.15) is 96.0 Å². The summed E-state index contributed by atoms with van der Waals surface area (Å²) < 4.78 is 5.06. The van der Waals surface area contributed by atoms with E-state index in [4.69, 9.17) is 4.99 Å². The fraction of sp³-hybridized carbons (Fsp3) is 0.241. The number of nitrogens with one attached hydrogen (secondary N) is 1. The standard InChI is InChI=1S/C54H48N4/c1-2-14-42(15-3-1)57-49-20-10-7-16-43(49)45-30-28-41(34-52(45)57)40-29-31-51-47(33-40)44-17-8-11-21-50(44)58(51)54-55-48-19-9-6-18-46(48)53(56-54)37-25-22-36(23-26-37)39-27-24-35-12-4-5-13-38(35)32-39/h5-11,13-14,16-25,27-28,30,32,34,37,40,53H,1-4,12,15,26,29,31,33H2,(H,55,56). The second kappa shape index (κ2) is 13.8. The Hall–Kier alpha value is -6.13. The van der Waals surface area contributed by atoms with Gasteiger partial charge in [-0.25, -0.2) is 4.99 Å². The molecule has 5 aromatic carbocycles. The van der Waals surface area contributed by atoms with Crippen molar-refractivity contribution in [3.8, 4) is 0 Å². The summed E-state index contributed by atoms with van der Waals surface area (Å²) in [6, 6.07) is 41.3. The van der Waals surface area contributed by atoms with Gasteiger partial charge in [0.25, 0.3) is 0 Å². The molecule has 4 aliphatic carbocycles. The third-order valence-electron chi connectivity index (χ3n) is 13.9. The first kappa shape index (κ1) is 34.0. The molecule has 0 bridgehead atoms. The summed E-state index contributed by atoms with van der Waals surface area (Å²) in [7, 11) is 0. The third kappa shape index (κ3) is 5.52. The molecule has 0 fully saturated rings. The summed E-state index contributed by atoms with van der Waals surface area (Å²) >= 11 is 0. The van der Waals surface area contributed by atoms with E-state index in [9.17, 15) is 0 Å². The molecule has 7 aromatic rings. The fourth-order valence-electron chi connectivity index (χ4n) is 11.0. The Labute approximate surface area is 340 Å². The molecule has 0 spiro atoms. The number of allylic oxidation sites excluding steroid dienone is 6. The minimum Gasteiger partial charge on any atom is -0.325 e. The Kier molecular flexibility index (Phi) is 8.06. The molecule has 1 aliphatic heterocycles. The highest BCUT2D eigenvalue weighted by Crippen LogP contribution is 2.44. The highest BCUT2D eigenvalue weighted by Gasteiger charge is 2.33. The van der Waals surface area contributed by atoms with Crippen molar-refractivity contribution in [2.75, 3.05) is 5.32 Å². The Morgan fingerprint density at radius 2 is 1.52 bits per heavy atom. The average molecular weight is 753 g/mol. The van der Waals surface area contributed by atoms with Gasteiger partial charge in [-0.2, -0.15) is 0 Å². The van der Waals surface area contributed by atoms with E-state index in [1.165, 1.54) is 108 Å².